The van der Waals surface area contributed by atoms with Gasteiger partial charge in [0.25, 0.3) is 0 Å². The first-order valence-corrected chi connectivity index (χ1v) is 5.94. The van der Waals surface area contributed by atoms with Gasteiger partial charge in [-0.1, -0.05) is 6.92 Å². The van der Waals surface area contributed by atoms with Crippen LogP contribution in [0, 0.1) is 5.41 Å². The number of hydrogen-bond acceptors (Lipinski definition) is 3. The van der Waals surface area contributed by atoms with Gasteiger partial charge in [-0.05, 0) is 34.2 Å². The minimum Gasteiger partial charge on any atom is -0.481 e. The van der Waals surface area contributed by atoms with Crippen molar-refractivity contribution in [3.8, 4) is 0 Å². The SMILES string of the molecule is CCN(CC(=O)NC(C)C)CC(C)(C)C(=O)O. The Morgan fingerprint density at radius 1 is 1.35 bits per heavy atom. The number of carboxylic acids is 1. The third-order valence-electron chi connectivity index (χ3n) is 2.46. The standard InChI is InChI=1S/C12H24N2O3/c1-6-14(7-10(15)13-9(2)3)8-12(4,5)11(16)17/h9H,6-8H2,1-5H3,(H,13,15)(H,16,17). The first kappa shape index (κ1) is 15.9. The van der Waals surface area contributed by atoms with E-state index in [4.69, 9.17) is 5.11 Å². The minimum absolute atomic E-state index is 0.0666. The molecule has 5 nitrogen and oxygen atoms in total. The van der Waals surface area contributed by atoms with Crippen molar-refractivity contribution in [2.45, 2.75) is 40.7 Å². The number of likely N-dealkylation sites (N-methyl/N-ethyl adjacent to an activating group) is 1. The molecule has 1 amide bonds. The van der Waals surface area contributed by atoms with Crippen molar-refractivity contribution >= 4 is 11.9 Å². The topological polar surface area (TPSA) is 69.6 Å². The Morgan fingerprint density at radius 3 is 2.24 bits per heavy atom. The molecule has 0 atom stereocenters. The first-order valence-electron chi connectivity index (χ1n) is 5.94. The molecular weight excluding hydrogens is 220 g/mol. The molecule has 100 valence electrons. The predicted octanol–water partition coefficient (Wildman–Crippen LogP) is 0.944. The Morgan fingerprint density at radius 2 is 1.88 bits per heavy atom. The Kier molecular flexibility index (Phi) is 6.16. The molecule has 0 spiro atoms. The number of rotatable bonds is 7. The Hall–Kier alpha value is -1.10. The minimum atomic E-state index is -0.847. The second kappa shape index (κ2) is 6.59. The number of carbonyl (C=O) groups is 2. The summed E-state index contributed by atoms with van der Waals surface area (Å²) in [5.74, 6) is -0.914. The maximum atomic E-state index is 11.6. The van der Waals surface area contributed by atoms with Crippen LogP contribution < -0.4 is 5.32 Å². The average molecular weight is 244 g/mol. The van der Waals surface area contributed by atoms with Gasteiger partial charge >= 0.3 is 5.97 Å². The van der Waals surface area contributed by atoms with Gasteiger partial charge in [0.15, 0.2) is 0 Å². The van der Waals surface area contributed by atoms with Crippen LogP contribution in [0.3, 0.4) is 0 Å². The molecule has 0 aliphatic carbocycles. The average Bonchev–Trinajstić information content (AvgIpc) is 2.14. The van der Waals surface area contributed by atoms with Gasteiger partial charge in [-0.3, -0.25) is 14.5 Å². The van der Waals surface area contributed by atoms with Crippen molar-refractivity contribution < 1.29 is 14.7 Å². The molecule has 0 heterocycles. The normalized spacial score (nSPS) is 11.9. The van der Waals surface area contributed by atoms with Gasteiger partial charge in [0.1, 0.15) is 0 Å². The van der Waals surface area contributed by atoms with E-state index < -0.39 is 11.4 Å². The molecule has 0 radical (unpaired) electrons. The van der Waals surface area contributed by atoms with E-state index in [1.165, 1.54) is 0 Å². The molecule has 0 aromatic heterocycles. The van der Waals surface area contributed by atoms with E-state index in [1.54, 1.807) is 13.8 Å². The quantitative estimate of drug-likeness (QED) is 0.699. The van der Waals surface area contributed by atoms with Gasteiger partial charge in [0.05, 0.1) is 12.0 Å². The molecule has 0 unspecified atom stereocenters. The van der Waals surface area contributed by atoms with Crippen LogP contribution in [-0.2, 0) is 9.59 Å². The van der Waals surface area contributed by atoms with Crippen LogP contribution in [0.15, 0.2) is 0 Å². The van der Waals surface area contributed by atoms with Gasteiger partial charge < -0.3 is 10.4 Å². The summed E-state index contributed by atoms with van der Waals surface area (Å²) in [4.78, 5) is 24.4. The van der Waals surface area contributed by atoms with Gasteiger partial charge in [0.2, 0.25) is 5.91 Å². The molecule has 0 saturated heterocycles. The maximum Gasteiger partial charge on any atom is 0.310 e. The zero-order valence-electron chi connectivity index (χ0n) is 11.4. The lowest BCUT2D eigenvalue weighted by Crippen LogP contribution is -2.45. The molecule has 17 heavy (non-hydrogen) atoms. The first-order chi connectivity index (χ1) is 7.69. The number of nitrogens with one attached hydrogen (secondary N) is 1. The molecule has 0 aliphatic heterocycles. The van der Waals surface area contributed by atoms with E-state index in [-0.39, 0.29) is 18.5 Å². The highest BCUT2D eigenvalue weighted by Gasteiger charge is 2.29. The molecule has 5 heteroatoms. The number of aliphatic carboxylic acids is 1. The lowest BCUT2D eigenvalue weighted by Gasteiger charge is -2.28. The molecule has 0 bridgehead atoms. The van der Waals surface area contributed by atoms with Crippen LogP contribution >= 0.6 is 0 Å². The molecule has 0 rings (SSSR count). The van der Waals surface area contributed by atoms with Crippen LogP contribution in [0.2, 0.25) is 0 Å². The lowest BCUT2D eigenvalue weighted by molar-refractivity contribution is -0.148. The fourth-order valence-electron chi connectivity index (χ4n) is 1.48. The highest BCUT2D eigenvalue weighted by atomic mass is 16.4. The van der Waals surface area contributed by atoms with E-state index in [0.29, 0.717) is 13.1 Å². The monoisotopic (exact) mass is 244 g/mol. The van der Waals surface area contributed by atoms with Gasteiger partial charge in [-0.15, -0.1) is 0 Å². The Bertz CT molecular complexity index is 275. The fraction of sp³-hybridized carbons (Fsp3) is 0.833. The van der Waals surface area contributed by atoms with Crippen molar-refractivity contribution in [3.63, 3.8) is 0 Å². The third-order valence-corrected chi connectivity index (χ3v) is 2.46. The predicted molar refractivity (Wildman–Crippen MR) is 66.8 cm³/mol. The van der Waals surface area contributed by atoms with E-state index in [9.17, 15) is 9.59 Å². The second-order valence-electron chi connectivity index (χ2n) is 5.21. The number of nitrogens with zero attached hydrogens (tertiary/aromatic N) is 1. The second-order valence-corrected chi connectivity index (χ2v) is 5.21. The summed E-state index contributed by atoms with van der Waals surface area (Å²) in [6.07, 6.45) is 0. The van der Waals surface area contributed by atoms with E-state index in [1.807, 2.05) is 25.7 Å². The van der Waals surface area contributed by atoms with Crippen molar-refractivity contribution in [2.75, 3.05) is 19.6 Å². The van der Waals surface area contributed by atoms with E-state index >= 15 is 0 Å². The highest BCUT2D eigenvalue weighted by Crippen LogP contribution is 2.16. The molecule has 0 aliphatic rings. The summed E-state index contributed by atoms with van der Waals surface area (Å²) in [6.45, 7) is 10.3. The van der Waals surface area contributed by atoms with Crippen LogP contribution in [0.1, 0.15) is 34.6 Å². The number of carbonyl (C=O) groups excluding carboxylic acids is 1. The zero-order chi connectivity index (χ0) is 13.6. The van der Waals surface area contributed by atoms with E-state index in [0.717, 1.165) is 0 Å². The van der Waals surface area contributed by atoms with Crippen molar-refractivity contribution in [2.24, 2.45) is 5.41 Å². The maximum absolute atomic E-state index is 11.6. The molecular formula is C12H24N2O3. The Balaban J connectivity index is 4.35. The van der Waals surface area contributed by atoms with Crippen LogP contribution in [0.25, 0.3) is 0 Å². The van der Waals surface area contributed by atoms with Crippen molar-refractivity contribution in [3.05, 3.63) is 0 Å². The molecule has 0 aromatic rings. The number of hydrogen-bond donors (Lipinski definition) is 2. The van der Waals surface area contributed by atoms with Gasteiger partial charge in [-0.2, -0.15) is 0 Å². The summed E-state index contributed by atoms with van der Waals surface area (Å²) in [7, 11) is 0. The highest BCUT2D eigenvalue weighted by molar-refractivity contribution is 5.78. The summed E-state index contributed by atoms with van der Waals surface area (Å²) in [5.41, 5.74) is -0.839. The Labute approximate surface area is 103 Å². The van der Waals surface area contributed by atoms with E-state index in [2.05, 4.69) is 5.32 Å². The van der Waals surface area contributed by atoms with Crippen LogP contribution in [0.4, 0.5) is 0 Å². The fourth-order valence-corrected chi connectivity index (χ4v) is 1.48. The summed E-state index contributed by atoms with van der Waals surface area (Å²) >= 11 is 0. The van der Waals surface area contributed by atoms with Crippen LogP contribution in [0.5, 0.6) is 0 Å². The zero-order valence-corrected chi connectivity index (χ0v) is 11.4. The summed E-state index contributed by atoms with van der Waals surface area (Å²) < 4.78 is 0. The molecule has 0 aromatic carbocycles. The molecule has 0 fully saturated rings. The van der Waals surface area contributed by atoms with Gasteiger partial charge in [0, 0.05) is 12.6 Å². The summed E-state index contributed by atoms with van der Waals surface area (Å²) in [6, 6.07) is 0.105. The molecule has 0 saturated carbocycles. The smallest absolute Gasteiger partial charge is 0.310 e. The number of amides is 1. The largest absolute Gasteiger partial charge is 0.481 e. The van der Waals surface area contributed by atoms with Gasteiger partial charge in [-0.25, -0.2) is 0 Å². The van der Waals surface area contributed by atoms with Crippen molar-refractivity contribution in [1.82, 2.24) is 10.2 Å². The lowest BCUT2D eigenvalue weighted by atomic mass is 9.93. The summed E-state index contributed by atoms with van der Waals surface area (Å²) in [5, 5.41) is 11.8. The number of carboxylic acid groups (broad SMARTS) is 1. The van der Waals surface area contributed by atoms with Crippen LogP contribution in [-0.4, -0.2) is 47.6 Å². The molecule has 2 N–H and O–H groups in total. The third kappa shape index (κ3) is 6.26. The van der Waals surface area contributed by atoms with Crippen molar-refractivity contribution in [1.29, 1.82) is 0 Å².